The fraction of sp³-hybridized carbons (Fsp3) is 0.0189. The Labute approximate surface area is 339 Å². The Morgan fingerprint density at radius 2 is 0.881 bits per heavy atom. The molecule has 0 saturated carbocycles. The van der Waals surface area contributed by atoms with Crippen LogP contribution in [0.5, 0.6) is 0 Å². The minimum absolute atomic E-state index is 0.575. The molecule has 0 saturated heterocycles. The van der Waals surface area contributed by atoms with Gasteiger partial charge in [-0.25, -0.2) is 19.9 Å². The summed E-state index contributed by atoms with van der Waals surface area (Å²) in [6.45, 7) is 0. The van der Waals surface area contributed by atoms with E-state index in [0.29, 0.717) is 23.4 Å². The third-order valence-corrected chi connectivity index (χ3v) is 11.7. The number of rotatable bonds is 6. The molecule has 1 aliphatic carbocycles. The molecule has 6 nitrogen and oxygen atoms in total. The normalized spacial score (nSPS) is 12.9. The van der Waals surface area contributed by atoms with E-state index >= 15 is 0 Å². The Morgan fingerprint density at radius 1 is 0.339 bits per heavy atom. The molecule has 3 heterocycles. The van der Waals surface area contributed by atoms with Crippen molar-refractivity contribution in [2.24, 2.45) is 0 Å². The van der Waals surface area contributed by atoms with Gasteiger partial charge in [-0.2, -0.15) is 0 Å². The molecule has 6 heteroatoms. The van der Waals surface area contributed by atoms with Crippen molar-refractivity contribution in [1.29, 1.82) is 0 Å². The number of nitrogens with zero attached hydrogens (tertiary/aromatic N) is 4. The highest BCUT2D eigenvalue weighted by molar-refractivity contribution is 6.05. The quantitative estimate of drug-likeness (QED) is 0.168. The number of hydrogen-bond acceptors (Lipinski definition) is 6. The van der Waals surface area contributed by atoms with E-state index in [1.165, 1.54) is 22.3 Å². The smallest absolute Gasteiger partial charge is 0.227 e. The summed E-state index contributed by atoms with van der Waals surface area (Å²) in [5.74, 6) is 2.37. The lowest BCUT2D eigenvalue weighted by Crippen LogP contribution is -2.28. The third-order valence-electron chi connectivity index (χ3n) is 11.7. The number of oxazole rings is 1. The lowest BCUT2D eigenvalue weighted by Gasteiger charge is -2.33. The van der Waals surface area contributed by atoms with Crippen LogP contribution in [0.1, 0.15) is 22.3 Å². The van der Waals surface area contributed by atoms with Gasteiger partial charge in [0.2, 0.25) is 5.89 Å². The Morgan fingerprint density at radius 3 is 1.59 bits per heavy atom. The van der Waals surface area contributed by atoms with Crippen LogP contribution < -0.4 is 0 Å². The van der Waals surface area contributed by atoms with E-state index in [-0.39, 0.29) is 0 Å². The van der Waals surface area contributed by atoms with Gasteiger partial charge in [-0.1, -0.05) is 152 Å². The largest absolute Gasteiger partial charge is 0.456 e. The molecule has 59 heavy (non-hydrogen) atoms. The average Bonchev–Trinajstić information content (AvgIpc) is 4.00. The van der Waals surface area contributed by atoms with Crippen LogP contribution in [0.3, 0.4) is 0 Å². The van der Waals surface area contributed by atoms with Crippen molar-refractivity contribution in [1.82, 2.24) is 19.9 Å². The van der Waals surface area contributed by atoms with E-state index < -0.39 is 5.41 Å². The Balaban J connectivity index is 1.02. The van der Waals surface area contributed by atoms with Crippen molar-refractivity contribution < 1.29 is 8.83 Å². The number of aromatic nitrogens is 4. The number of furan rings is 1. The van der Waals surface area contributed by atoms with Crippen LogP contribution in [0, 0.1) is 0 Å². The lowest BCUT2D eigenvalue weighted by molar-refractivity contribution is 0.618. The molecule has 0 amide bonds. The first-order valence-electron chi connectivity index (χ1n) is 19.7. The zero-order valence-electron chi connectivity index (χ0n) is 31.6. The SMILES string of the molecule is c1ccc(-c2nc(-c3ccc(C4(c5ccc6nc(-c7ccccc7)oc6c5)c5ccccc5-c5ccccc54)cc3)nc(-c3ccc4c(c3)oc3ccccc34)n2)cc1. The zero-order chi connectivity index (χ0) is 38.9. The first-order valence-corrected chi connectivity index (χ1v) is 19.7. The summed E-state index contributed by atoms with van der Waals surface area (Å²) in [5.41, 5.74) is 13.2. The third kappa shape index (κ3) is 5.20. The predicted octanol–water partition coefficient (Wildman–Crippen LogP) is 12.9. The fourth-order valence-electron chi connectivity index (χ4n) is 8.97. The van der Waals surface area contributed by atoms with E-state index in [4.69, 9.17) is 28.8 Å². The Hall–Kier alpha value is -7.96. The maximum Gasteiger partial charge on any atom is 0.227 e. The van der Waals surface area contributed by atoms with Crippen LogP contribution in [-0.2, 0) is 5.41 Å². The fourth-order valence-corrected chi connectivity index (χ4v) is 8.97. The number of fused-ring (bicyclic) bond motifs is 7. The first-order chi connectivity index (χ1) is 29.2. The van der Waals surface area contributed by atoms with Crippen LogP contribution in [-0.4, -0.2) is 19.9 Å². The summed E-state index contributed by atoms with van der Waals surface area (Å²) < 4.78 is 12.7. The summed E-state index contributed by atoms with van der Waals surface area (Å²) >= 11 is 0. The van der Waals surface area contributed by atoms with Crippen LogP contribution in [0.25, 0.3) is 89.8 Å². The Kier molecular flexibility index (Phi) is 7.34. The minimum Gasteiger partial charge on any atom is -0.456 e. The topological polar surface area (TPSA) is 77.8 Å². The number of para-hydroxylation sites is 1. The lowest BCUT2D eigenvalue weighted by atomic mass is 9.67. The second kappa shape index (κ2) is 13.0. The van der Waals surface area contributed by atoms with E-state index in [9.17, 15) is 0 Å². The summed E-state index contributed by atoms with van der Waals surface area (Å²) in [6.07, 6.45) is 0. The molecule has 8 aromatic carbocycles. The van der Waals surface area contributed by atoms with Gasteiger partial charge in [0.15, 0.2) is 23.1 Å². The molecule has 1 aliphatic rings. The maximum absolute atomic E-state index is 6.48. The molecule has 11 aromatic rings. The molecule has 0 radical (unpaired) electrons. The van der Waals surface area contributed by atoms with Crippen molar-refractivity contribution >= 4 is 33.0 Å². The van der Waals surface area contributed by atoms with Gasteiger partial charge in [-0.15, -0.1) is 0 Å². The van der Waals surface area contributed by atoms with Gasteiger partial charge in [0.1, 0.15) is 16.7 Å². The van der Waals surface area contributed by atoms with Gasteiger partial charge in [0, 0.05) is 33.0 Å². The van der Waals surface area contributed by atoms with Crippen molar-refractivity contribution in [3.63, 3.8) is 0 Å². The molecule has 0 spiro atoms. The second-order valence-electron chi connectivity index (χ2n) is 15.0. The van der Waals surface area contributed by atoms with E-state index in [1.54, 1.807) is 0 Å². The highest BCUT2D eigenvalue weighted by Crippen LogP contribution is 2.56. The molecule has 276 valence electrons. The van der Waals surface area contributed by atoms with Crippen LogP contribution in [0.2, 0.25) is 0 Å². The summed E-state index contributed by atoms with van der Waals surface area (Å²) in [6, 6.07) is 67.0. The molecule has 0 N–H and O–H groups in total. The van der Waals surface area contributed by atoms with Crippen molar-refractivity contribution in [2.45, 2.75) is 5.41 Å². The molecule has 0 bridgehead atoms. The van der Waals surface area contributed by atoms with Gasteiger partial charge in [-0.05, 0) is 75.8 Å². The molecular formula is C53H32N4O2. The summed E-state index contributed by atoms with van der Waals surface area (Å²) in [4.78, 5) is 20.1. The monoisotopic (exact) mass is 756 g/mol. The summed E-state index contributed by atoms with van der Waals surface area (Å²) in [5, 5.41) is 2.14. The van der Waals surface area contributed by atoms with Crippen LogP contribution >= 0.6 is 0 Å². The van der Waals surface area contributed by atoms with Gasteiger partial charge in [-0.3, -0.25) is 0 Å². The minimum atomic E-state index is -0.638. The van der Waals surface area contributed by atoms with E-state index in [1.807, 2.05) is 84.9 Å². The Bertz CT molecular complexity index is 3340. The molecule has 3 aromatic heterocycles. The van der Waals surface area contributed by atoms with Crippen molar-refractivity contribution in [3.8, 4) is 56.7 Å². The van der Waals surface area contributed by atoms with Crippen molar-refractivity contribution in [3.05, 3.63) is 216 Å². The number of hydrogen-bond donors (Lipinski definition) is 0. The van der Waals surface area contributed by atoms with Gasteiger partial charge < -0.3 is 8.83 Å². The average molecular weight is 757 g/mol. The molecule has 0 fully saturated rings. The number of benzene rings is 8. The van der Waals surface area contributed by atoms with E-state index in [0.717, 1.165) is 66.4 Å². The molecule has 12 rings (SSSR count). The predicted molar refractivity (Wildman–Crippen MR) is 234 cm³/mol. The second-order valence-corrected chi connectivity index (χ2v) is 15.0. The molecule has 0 atom stereocenters. The molecule has 0 unspecified atom stereocenters. The van der Waals surface area contributed by atoms with Crippen LogP contribution in [0.15, 0.2) is 203 Å². The highest BCUT2D eigenvalue weighted by atomic mass is 16.3. The van der Waals surface area contributed by atoms with Crippen LogP contribution in [0.4, 0.5) is 0 Å². The van der Waals surface area contributed by atoms with Gasteiger partial charge in [0.25, 0.3) is 0 Å². The highest BCUT2D eigenvalue weighted by Gasteiger charge is 2.46. The standard InChI is InChI=1S/C53H32N4O2/c1-3-13-33(14-4-1)49-55-50(57-51(56-49)36-25-29-42-41-19-9-12-22-46(41)58-47(42)31-36)34-23-26-37(27-24-34)53(43-20-10-7-17-39(43)40-18-8-11-21-44(40)53)38-28-30-45-48(32-38)59-52(54-45)35-15-5-2-6-16-35/h1-32H. The molecule has 0 aliphatic heterocycles. The van der Waals surface area contributed by atoms with Gasteiger partial charge in [0.05, 0.1) is 5.41 Å². The maximum atomic E-state index is 6.48. The zero-order valence-corrected chi connectivity index (χ0v) is 31.6. The first kappa shape index (κ1) is 33.2. The molecular weight excluding hydrogens is 725 g/mol. The van der Waals surface area contributed by atoms with Crippen molar-refractivity contribution in [2.75, 3.05) is 0 Å². The summed E-state index contributed by atoms with van der Waals surface area (Å²) in [7, 11) is 0. The van der Waals surface area contributed by atoms with Gasteiger partial charge >= 0.3 is 0 Å². The van der Waals surface area contributed by atoms with E-state index in [2.05, 4.69) is 109 Å².